The van der Waals surface area contributed by atoms with Crippen LogP contribution in [0.1, 0.15) is 0 Å². The van der Waals surface area contributed by atoms with Gasteiger partial charge < -0.3 is 4.74 Å². The van der Waals surface area contributed by atoms with Crippen molar-refractivity contribution in [3.8, 4) is 0 Å². The molecule has 0 aromatic heterocycles. The number of hydrogen-bond acceptors (Lipinski definition) is 3. The van der Waals surface area contributed by atoms with Gasteiger partial charge in [0.15, 0.2) is 0 Å². The lowest BCUT2D eigenvalue weighted by Gasteiger charge is -2.00. The maximum atomic E-state index is 10.2. The number of halogens is 1. The van der Waals surface area contributed by atoms with Crippen molar-refractivity contribution < 1.29 is 9.53 Å². The van der Waals surface area contributed by atoms with Crippen molar-refractivity contribution in [2.24, 2.45) is 0 Å². The molecule has 0 amide bonds. The lowest BCUT2D eigenvalue weighted by atomic mass is 10.4. The van der Waals surface area contributed by atoms with E-state index in [2.05, 4.69) is 4.74 Å². The van der Waals surface area contributed by atoms with E-state index in [0.717, 1.165) is 10.6 Å². The Morgan fingerprint density at radius 2 is 2.08 bits per heavy atom. The number of thioether (sulfide) groups is 1. The number of carbonyl (C=O) groups is 1. The normalized spacial score (nSPS) is 9.62. The molecule has 13 heavy (non-hydrogen) atoms. The molecule has 1 aromatic rings. The summed E-state index contributed by atoms with van der Waals surface area (Å²) < 4.78 is 4.57. The summed E-state index contributed by atoms with van der Waals surface area (Å²) >= 11 is 6.62. The number of ether oxygens (including phenoxy) is 1. The van der Waals surface area contributed by atoms with Crippen LogP contribution in [0.3, 0.4) is 0 Å². The van der Waals surface area contributed by atoms with Crippen LogP contribution in [0.15, 0.2) is 35.2 Å². The van der Waals surface area contributed by atoms with Gasteiger partial charge in [-0.25, -0.2) is 4.79 Å². The minimum atomic E-state index is -0.742. The summed E-state index contributed by atoms with van der Waals surface area (Å²) in [5.41, 5.74) is -0.742. The molecule has 0 aliphatic heterocycles. The van der Waals surface area contributed by atoms with Crippen molar-refractivity contribution in [3.63, 3.8) is 0 Å². The Morgan fingerprint density at radius 3 is 2.69 bits per heavy atom. The molecule has 2 nitrogen and oxygen atoms in total. The molecular weight excluding hydrogens is 208 g/mol. The summed E-state index contributed by atoms with van der Waals surface area (Å²) in [6.07, 6.45) is 0. The third-order valence-electron chi connectivity index (χ3n) is 1.31. The smallest absolute Gasteiger partial charge is 0.403 e. The largest absolute Gasteiger partial charge is 0.453 e. The molecule has 0 unspecified atom stereocenters. The highest BCUT2D eigenvalue weighted by atomic mass is 35.5. The van der Waals surface area contributed by atoms with Gasteiger partial charge in [-0.3, -0.25) is 0 Å². The van der Waals surface area contributed by atoms with E-state index >= 15 is 0 Å². The number of benzene rings is 1. The molecule has 1 aromatic carbocycles. The molecule has 0 bridgehead atoms. The van der Waals surface area contributed by atoms with Gasteiger partial charge in [-0.2, -0.15) is 0 Å². The third-order valence-corrected chi connectivity index (χ3v) is 2.40. The standard InChI is InChI=1S/C9H9ClO2S/c10-9(11)12-6-7-13-8-4-2-1-3-5-8/h1-5H,6-7H2. The van der Waals surface area contributed by atoms with E-state index in [4.69, 9.17) is 11.6 Å². The molecule has 0 saturated carbocycles. The molecule has 70 valence electrons. The molecule has 0 aliphatic rings. The lowest BCUT2D eigenvalue weighted by Crippen LogP contribution is -1.98. The Balaban J connectivity index is 2.17. The maximum Gasteiger partial charge on any atom is 0.403 e. The van der Waals surface area contributed by atoms with E-state index in [1.54, 1.807) is 11.8 Å². The SMILES string of the molecule is O=C(Cl)OCCSc1ccccc1. The van der Waals surface area contributed by atoms with E-state index in [1.807, 2.05) is 30.3 Å². The van der Waals surface area contributed by atoms with Crippen molar-refractivity contribution in [2.75, 3.05) is 12.4 Å². The van der Waals surface area contributed by atoms with Crippen molar-refractivity contribution >= 4 is 28.8 Å². The minimum Gasteiger partial charge on any atom is -0.453 e. The zero-order valence-electron chi connectivity index (χ0n) is 6.90. The second-order valence-corrected chi connectivity index (χ2v) is 3.72. The zero-order chi connectivity index (χ0) is 9.52. The summed E-state index contributed by atoms with van der Waals surface area (Å²) in [5, 5.41) is 0. The van der Waals surface area contributed by atoms with Crippen LogP contribution in [-0.4, -0.2) is 17.8 Å². The van der Waals surface area contributed by atoms with E-state index in [-0.39, 0.29) is 0 Å². The molecule has 0 fully saturated rings. The summed E-state index contributed by atoms with van der Waals surface area (Å²) in [6.45, 7) is 0.349. The van der Waals surface area contributed by atoms with Crippen molar-refractivity contribution in [2.45, 2.75) is 4.90 Å². The van der Waals surface area contributed by atoms with Crippen molar-refractivity contribution in [1.29, 1.82) is 0 Å². The quantitative estimate of drug-likeness (QED) is 0.439. The molecular formula is C9H9ClO2S. The van der Waals surface area contributed by atoms with Crippen LogP contribution in [0.2, 0.25) is 0 Å². The Morgan fingerprint density at radius 1 is 1.38 bits per heavy atom. The summed E-state index contributed by atoms with van der Waals surface area (Å²) in [4.78, 5) is 11.3. The molecule has 0 saturated heterocycles. The predicted molar refractivity (Wildman–Crippen MR) is 54.4 cm³/mol. The Bertz CT molecular complexity index is 264. The summed E-state index contributed by atoms with van der Waals surface area (Å²) in [7, 11) is 0. The average molecular weight is 217 g/mol. The number of hydrogen-bond donors (Lipinski definition) is 0. The number of rotatable bonds is 4. The fraction of sp³-hybridized carbons (Fsp3) is 0.222. The van der Waals surface area contributed by atoms with Gasteiger partial charge in [0.25, 0.3) is 0 Å². The number of carbonyl (C=O) groups excluding carboxylic acids is 1. The molecule has 4 heteroatoms. The van der Waals surface area contributed by atoms with Gasteiger partial charge in [-0.15, -0.1) is 11.8 Å². The Hall–Kier alpha value is -0.670. The predicted octanol–water partition coefficient (Wildman–Crippen LogP) is 3.15. The van der Waals surface area contributed by atoms with E-state index in [9.17, 15) is 4.79 Å². The second-order valence-electron chi connectivity index (χ2n) is 2.25. The topological polar surface area (TPSA) is 26.3 Å². The maximum absolute atomic E-state index is 10.2. The molecule has 0 radical (unpaired) electrons. The molecule has 0 heterocycles. The molecule has 0 aliphatic carbocycles. The van der Waals surface area contributed by atoms with Crippen molar-refractivity contribution in [1.82, 2.24) is 0 Å². The second kappa shape index (κ2) is 5.89. The van der Waals surface area contributed by atoms with Gasteiger partial charge >= 0.3 is 5.43 Å². The van der Waals surface area contributed by atoms with Crippen LogP contribution >= 0.6 is 23.4 Å². The molecule has 0 N–H and O–H groups in total. The highest BCUT2D eigenvalue weighted by Crippen LogP contribution is 2.16. The van der Waals surface area contributed by atoms with Crippen LogP contribution in [0.5, 0.6) is 0 Å². The van der Waals surface area contributed by atoms with Crippen LogP contribution in [-0.2, 0) is 4.74 Å². The van der Waals surface area contributed by atoms with Gasteiger partial charge in [0.2, 0.25) is 0 Å². The van der Waals surface area contributed by atoms with Gasteiger partial charge in [0.1, 0.15) is 6.61 Å². The highest BCUT2D eigenvalue weighted by molar-refractivity contribution is 7.99. The first kappa shape index (κ1) is 10.4. The first-order valence-corrected chi connectivity index (χ1v) is 5.15. The van der Waals surface area contributed by atoms with Gasteiger partial charge in [0.05, 0.1) is 0 Å². The Kier molecular flexibility index (Phi) is 4.72. The molecule has 0 spiro atoms. The monoisotopic (exact) mass is 216 g/mol. The molecule has 0 atom stereocenters. The highest BCUT2D eigenvalue weighted by Gasteiger charge is 1.96. The van der Waals surface area contributed by atoms with Crippen LogP contribution in [0, 0.1) is 0 Å². The van der Waals surface area contributed by atoms with Crippen LogP contribution in [0.25, 0.3) is 0 Å². The van der Waals surface area contributed by atoms with Gasteiger partial charge in [-0.05, 0) is 12.1 Å². The van der Waals surface area contributed by atoms with E-state index in [0.29, 0.717) is 6.61 Å². The fourth-order valence-electron chi connectivity index (χ4n) is 0.798. The zero-order valence-corrected chi connectivity index (χ0v) is 8.48. The molecule has 1 rings (SSSR count). The fourth-order valence-corrected chi connectivity index (χ4v) is 1.63. The van der Waals surface area contributed by atoms with Crippen LogP contribution in [0.4, 0.5) is 4.79 Å². The minimum absolute atomic E-state index is 0.349. The first-order chi connectivity index (χ1) is 6.29. The van der Waals surface area contributed by atoms with E-state index in [1.165, 1.54) is 0 Å². The van der Waals surface area contributed by atoms with Gasteiger partial charge in [0, 0.05) is 22.2 Å². The summed E-state index contributed by atoms with van der Waals surface area (Å²) in [6, 6.07) is 9.91. The first-order valence-electron chi connectivity index (χ1n) is 3.79. The third kappa shape index (κ3) is 4.80. The van der Waals surface area contributed by atoms with Gasteiger partial charge in [-0.1, -0.05) is 18.2 Å². The van der Waals surface area contributed by atoms with Crippen molar-refractivity contribution in [3.05, 3.63) is 30.3 Å². The lowest BCUT2D eigenvalue weighted by molar-refractivity contribution is 0.181. The van der Waals surface area contributed by atoms with Crippen LogP contribution < -0.4 is 0 Å². The van der Waals surface area contributed by atoms with E-state index < -0.39 is 5.43 Å². The Labute approximate surface area is 86.2 Å². The summed E-state index contributed by atoms with van der Waals surface area (Å²) in [5.74, 6) is 0.725. The average Bonchev–Trinajstić information content (AvgIpc) is 2.14.